The maximum atomic E-state index is 15.0. The van der Waals surface area contributed by atoms with Crippen molar-refractivity contribution in [1.82, 2.24) is 25.2 Å². The number of anilines is 2. The van der Waals surface area contributed by atoms with Gasteiger partial charge in [0.05, 0.1) is 11.4 Å². The zero-order valence-electron chi connectivity index (χ0n) is 24.4. The molecule has 4 amide bonds. The van der Waals surface area contributed by atoms with Gasteiger partial charge in [0.15, 0.2) is 10.9 Å². The third kappa shape index (κ3) is 7.19. The van der Waals surface area contributed by atoms with Crippen LogP contribution in [-0.2, 0) is 26.0 Å². The number of carboxylic acid groups (broad SMARTS) is 1. The van der Waals surface area contributed by atoms with Crippen molar-refractivity contribution >= 4 is 45.2 Å². The molecule has 0 aliphatic carbocycles. The number of aromatic nitrogens is 3. The summed E-state index contributed by atoms with van der Waals surface area (Å²) in [4.78, 5) is 63.7. The molecule has 0 saturated carbocycles. The number of urea groups is 1. The third-order valence-corrected chi connectivity index (χ3v) is 8.32. The number of imide groups is 1. The molecule has 0 radical (unpaired) electrons. The Kier molecular flexibility index (Phi) is 9.18. The van der Waals surface area contributed by atoms with Crippen LogP contribution in [0.5, 0.6) is 0 Å². The normalized spacial score (nSPS) is 14.1. The number of nitrogens with zero attached hydrogens (tertiary/aromatic N) is 5. The summed E-state index contributed by atoms with van der Waals surface area (Å²) in [6.07, 6.45) is 4.01. The number of sulfonamides is 1. The molecule has 2 aromatic carbocycles. The topological polar surface area (TPSA) is 192 Å². The van der Waals surface area contributed by atoms with Crippen molar-refractivity contribution < 1.29 is 41.5 Å². The van der Waals surface area contributed by atoms with E-state index in [0.717, 1.165) is 11.0 Å². The average molecular weight is 666 g/mol. The molecule has 2 aromatic heterocycles. The van der Waals surface area contributed by atoms with E-state index in [9.17, 15) is 41.5 Å². The second-order valence-corrected chi connectivity index (χ2v) is 11.9. The van der Waals surface area contributed by atoms with Gasteiger partial charge in [-0.05, 0) is 48.0 Å². The summed E-state index contributed by atoms with van der Waals surface area (Å²) in [5.74, 6) is -5.92. The summed E-state index contributed by atoms with van der Waals surface area (Å²) in [6, 6.07) is 8.90. The highest BCUT2D eigenvalue weighted by Gasteiger charge is 2.31. The monoisotopic (exact) mass is 665 g/mol. The summed E-state index contributed by atoms with van der Waals surface area (Å²) in [5.41, 5.74) is -0.630. The number of aliphatic carboxylic acids is 1. The molecule has 1 aliphatic rings. The standard InChI is InChI=1S/C30H25F2N7O7S/c1-38-12-9-25(40)39(30(38)44)20-6-3-17(4-7-20)13-23(29(42)43)36-28(41)26-21(31)14-19(15-22(26)32)37-47(45,46)24-8-5-18(16-35-24)27-33-10-2-11-34-27/h2-8,10-11,14-16,23,37H,9,12-13H2,1H3,(H,36,41)(H,42,43)/t23-/m0/s1. The number of carbonyl (C=O) groups excluding carboxylic acids is 3. The number of nitrogens with one attached hydrogen (secondary N) is 2. The molecular formula is C30H25F2N7O7S. The Labute approximate surface area is 266 Å². The number of hydrogen-bond acceptors (Lipinski definition) is 9. The largest absolute Gasteiger partial charge is 0.480 e. The van der Waals surface area contributed by atoms with E-state index in [1.807, 2.05) is 4.72 Å². The van der Waals surface area contributed by atoms with Crippen LogP contribution in [0.1, 0.15) is 22.3 Å². The van der Waals surface area contributed by atoms with E-state index in [0.29, 0.717) is 29.1 Å². The van der Waals surface area contributed by atoms with Gasteiger partial charge in [-0.15, -0.1) is 0 Å². The van der Waals surface area contributed by atoms with Gasteiger partial charge in [-0.25, -0.2) is 38.2 Å². The molecule has 0 spiro atoms. The minimum absolute atomic E-state index is 0.132. The SMILES string of the molecule is CN1CCC(=O)N(c2ccc(C[C@H](NC(=O)c3c(F)cc(NS(=O)(=O)c4ccc(-c5ncccn5)cn4)cc3F)C(=O)O)cc2)C1=O. The number of benzene rings is 2. The molecular weight excluding hydrogens is 640 g/mol. The summed E-state index contributed by atoms with van der Waals surface area (Å²) in [7, 11) is -2.87. The van der Waals surface area contributed by atoms with E-state index >= 15 is 0 Å². The summed E-state index contributed by atoms with van der Waals surface area (Å²) in [5, 5.41) is 11.3. The van der Waals surface area contributed by atoms with Crippen LogP contribution in [0.2, 0.25) is 0 Å². The van der Waals surface area contributed by atoms with Crippen LogP contribution in [0.3, 0.4) is 0 Å². The first-order chi connectivity index (χ1) is 22.3. The number of hydrogen-bond donors (Lipinski definition) is 3. The van der Waals surface area contributed by atoms with E-state index in [1.54, 1.807) is 13.1 Å². The van der Waals surface area contributed by atoms with E-state index < -0.39 is 67.8 Å². The number of carbonyl (C=O) groups is 4. The van der Waals surface area contributed by atoms with Gasteiger partial charge in [-0.3, -0.25) is 14.3 Å². The second-order valence-electron chi connectivity index (χ2n) is 10.3. The van der Waals surface area contributed by atoms with Gasteiger partial charge in [0.25, 0.3) is 15.9 Å². The van der Waals surface area contributed by atoms with Crippen LogP contribution < -0.4 is 14.9 Å². The van der Waals surface area contributed by atoms with Crippen LogP contribution in [-0.4, -0.2) is 76.8 Å². The summed E-state index contributed by atoms with van der Waals surface area (Å²) >= 11 is 0. The van der Waals surface area contributed by atoms with Crippen LogP contribution in [0, 0.1) is 11.6 Å². The minimum atomic E-state index is -4.42. The van der Waals surface area contributed by atoms with Crippen LogP contribution in [0.25, 0.3) is 11.4 Å². The second kappa shape index (κ2) is 13.3. The molecule has 14 nitrogen and oxygen atoms in total. The van der Waals surface area contributed by atoms with E-state index in [2.05, 4.69) is 20.3 Å². The molecule has 1 aliphatic heterocycles. The smallest absolute Gasteiger partial charge is 0.331 e. The fourth-order valence-corrected chi connectivity index (χ4v) is 5.60. The molecule has 47 heavy (non-hydrogen) atoms. The number of rotatable bonds is 10. The van der Waals surface area contributed by atoms with Gasteiger partial charge < -0.3 is 15.3 Å². The average Bonchev–Trinajstić information content (AvgIpc) is 3.03. The molecule has 0 unspecified atom stereocenters. The van der Waals surface area contributed by atoms with Gasteiger partial charge in [0, 0.05) is 50.6 Å². The molecule has 0 bridgehead atoms. The van der Waals surface area contributed by atoms with Crippen LogP contribution >= 0.6 is 0 Å². The maximum absolute atomic E-state index is 15.0. The summed E-state index contributed by atoms with van der Waals surface area (Å²) < 4.78 is 57.6. The van der Waals surface area contributed by atoms with Crippen molar-refractivity contribution in [2.24, 2.45) is 0 Å². The van der Waals surface area contributed by atoms with Crippen molar-refractivity contribution in [1.29, 1.82) is 0 Å². The van der Waals surface area contributed by atoms with E-state index in [-0.39, 0.29) is 25.1 Å². The Morgan fingerprint density at radius 3 is 2.26 bits per heavy atom. The molecule has 4 aromatic rings. The first-order valence-corrected chi connectivity index (χ1v) is 15.3. The predicted molar refractivity (Wildman–Crippen MR) is 162 cm³/mol. The lowest BCUT2D eigenvalue weighted by molar-refractivity contribution is -0.139. The van der Waals surface area contributed by atoms with E-state index in [1.165, 1.54) is 53.8 Å². The highest BCUT2D eigenvalue weighted by Crippen LogP contribution is 2.24. The Morgan fingerprint density at radius 1 is 1.00 bits per heavy atom. The van der Waals surface area contributed by atoms with Crippen molar-refractivity contribution in [3.8, 4) is 11.4 Å². The summed E-state index contributed by atoms with van der Waals surface area (Å²) in [6.45, 7) is 0.281. The highest BCUT2D eigenvalue weighted by atomic mass is 32.2. The molecule has 3 N–H and O–H groups in total. The molecule has 242 valence electrons. The van der Waals surface area contributed by atoms with Crippen molar-refractivity contribution in [3.63, 3.8) is 0 Å². The lowest BCUT2D eigenvalue weighted by atomic mass is 10.0. The Balaban J connectivity index is 1.27. The van der Waals surface area contributed by atoms with Gasteiger partial charge in [-0.1, -0.05) is 12.1 Å². The zero-order chi connectivity index (χ0) is 33.9. The molecule has 5 rings (SSSR count). The minimum Gasteiger partial charge on any atom is -0.480 e. The number of pyridine rings is 1. The van der Waals surface area contributed by atoms with Gasteiger partial charge in [0.1, 0.15) is 23.2 Å². The quantitative estimate of drug-likeness (QED) is 0.227. The fourth-order valence-electron chi connectivity index (χ4n) is 4.63. The lowest BCUT2D eigenvalue weighted by Gasteiger charge is -2.31. The number of carboxylic acids is 1. The first kappa shape index (κ1) is 32.6. The first-order valence-electron chi connectivity index (χ1n) is 13.8. The van der Waals surface area contributed by atoms with Crippen LogP contribution in [0.15, 0.2) is 78.2 Å². The third-order valence-electron chi connectivity index (χ3n) is 7.02. The van der Waals surface area contributed by atoms with Gasteiger partial charge in [0.2, 0.25) is 5.91 Å². The Morgan fingerprint density at radius 2 is 1.66 bits per heavy atom. The fraction of sp³-hybridized carbons (Fsp3) is 0.167. The van der Waals surface area contributed by atoms with Crippen molar-refractivity contribution in [3.05, 3.63) is 95.9 Å². The maximum Gasteiger partial charge on any atom is 0.331 e. The Hall–Kier alpha value is -5.84. The Bertz CT molecular complexity index is 1940. The van der Waals surface area contributed by atoms with Gasteiger partial charge >= 0.3 is 12.0 Å². The van der Waals surface area contributed by atoms with Crippen LogP contribution in [0.4, 0.5) is 25.0 Å². The molecule has 1 saturated heterocycles. The number of amides is 4. The predicted octanol–water partition coefficient (Wildman–Crippen LogP) is 2.83. The molecule has 3 heterocycles. The van der Waals surface area contributed by atoms with Crippen molar-refractivity contribution in [2.45, 2.75) is 23.9 Å². The highest BCUT2D eigenvalue weighted by molar-refractivity contribution is 7.92. The molecule has 1 atom stereocenters. The van der Waals surface area contributed by atoms with E-state index in [4.69, 9.17) is 0 Å². The number of halogens is 2. The van der Waals surface area contributed by atoms with Crippen molar-refractivity contribution in [2.75, 3.05) is 23.2 Å². The zero-order valence-corrected chi connectivity index (χ0v) is 25.2. The lowest BCUT2D eigenvalue weighted by Crippen LogP contribution is -2.50. The molecule has 1 fully saturated rings. The van der Waals surface area contributed by atoms with Gasteiger partial charge in [-0.2, -0.15) is 8.42 Å². The molecule has 17 heteroatoms.